The average Bonchev–Trinajstić information content (AvgIpc) is 3.23. The minimum Gasteiger partial charge on any atom is -0.374 e. The number of benzene rings is 1. The van der Waals surface area contributed by atoms with E-state index in [-0.39, 0.29) is 18.1 Å². The Kier molecular flexibility index (Phi) is 8.72. The molecule has 11 heteroatoms. The van der Waals surface area contributed by atoms with Gasteiger partial charge in [0.1, 0.15) is 6.23 Å². The fraction of sp³-hybridized carbons (Fsp3) is 0.571. The highest BCUT2D eigenvalue weighted by atomic mass is 19.4. The molecule has 4 rings (SSSR count). The van der Waals surface area contributed by atoms with Gasteiger partial charge >= 0.3 is 6.30 Å². The standard InChI is InChI=1S/C28H39F3N6O2/c1-6-20-21(26(38)32-14-22-16(3)12-17(4)34-27(22)39)13-24-23(15-33-36(24)5)25(20)37(7-2)19-10-8-18(9-11-19)35-28(29,30)31/h12-13,15,18-19,26,32,35,38H,6-11,14H2,1-5H3,(H,34,39). The molecule has 0 spiro atoms. The summed E-state index contributed by atoms with van der Waals surface area (Å²) in [6, 6.07) is 3.34. The van der Waals surface area contributed by atoms with Crippen LogP contribution in [-0.4, -0.2) is 44.8 Å². The second-order valence-electron chi connectivity index (χ2n) is 10.5. The van der Waals surface area contributed by atoms with Gasteiger partial charge in [-0.25, -0.2) is 5.32 Å². The smallest absolute Gasteiger partial charge is 0.374 e. The van der Waals surface area contributed by atoms with Crippen LogP contribution >= 0.6 is 0 Å². The Labute approximate surface area is 226 Å². The molecule has 1 aliphatic rings. The van der Waals surface area contributed by atoms with Gasteiger partial charge in [-0.1, -0.05) is 6.92 Å². The normalized spacial score (nSPS) is 19.0. The van der Waals surface area contributed by atoms with E-state index in [0.29, 0.717) is 49.8 Å². The van der Waals surface area contributed by atoms with Gasteiger partial charge in [0.2, 0.25) is 0 Å². The number of hydrogen-bond donors (Lipinski definition) is 4. The van der Waals surface area contributed by atoms with Gasteiger partial charge in [-0.15, -0.1) is 0 Å². The molecule has 3 aromatic rings. The first-order chi connectivity index (χ1) is 18.4. The van der Waals surface area contributed by atoms with Crippen molar-refractivity contribution in [3.63, 3.8) is 0 Å². The molecule has 0 aliphatic heterocycles. The third-order valence-corrected chi connectivity index (χ3v) is 7.91. The first-order valence-electron chi connectivity index (χ1n) is 13.6. The summed E-state index contributed by atoms with van der Waals surface area (Å²) in [5.74, 6) is 0. The first-order valence-corrected chi connectivity index (χ1v) is 13.6. The van der Waals surface area contributed by atoms with Crippen LogP contribution in [0.4, 0.5) is 18.9 Å². The zero-order chi connectivity index (χ0) is 28.5. The monoisotopic (exact) mass is 548 g/mol. The van der Waals surface area contributed by atoms with Crippen LogP contribution in [0.15, 0.2) is 23.1 Å². The van der Waals surface area contributed by atoms with E-state index in [2.05, 4.69) is 27.2 Å². The summed E-state index contributed by atoms with van der Waals surface area (Å²) < 4.78 is 40.4. The van der Waals surface area contributed by atoms with Gasteiger partial charge in [0, 0.05) is 54.4 Å². The van der Waals surface area contributed by atoms with Gasteiger partial charge in [0.15, 0.2) is 0 Å². The number of aliphatic hydroxyl groups excluding tert-OH is 1. The molecule has 1 aliphatic carbocycles. The Morgan fingerprint density at radius 1 is 1.18 bits per heavy atom. The van der Waals surface area contributed by atoms with Crippen LogP contribution in [-0.2, 0) is 20.0 Å². The van der Waals surface area contributed by atoms with E-state index in [1.807, 2.05) is 46.1 Å². The number of alkyl halides is 3. The number of nitrogens with zero attached hydrogens (tertiary/aromatic N) is 3. The second kappa shape index (κ2) is 11.7. The summed E-state index contributed by atoms with van der Waals surface area (Å²) in [6.45, 7) is 8.65. The van der Waals surface area contributed by atoms with Crippen molar-refractivity contribution in [3.8, 4) is 0 Å². The number of hydrogen-bond acceptors (Lipinski definition) is 6. The maximum absolute atomic E-state index is 12.9. The molecule has 0 amide bonds. The van der Waals surface area contributed by atoms with Crippen molar-refractivity contribution in [2.24, 2.45) is 7.05 Å². The fourth-order valence-electron chi connectivity index (χ4n) is 6.05. The summed E-state index contributed by atoms with van der Waals surface area (Å²) in [6.07, 6.45) is -0.816. The number of aliphatic hydroxyl groups is 1. The number of rotatable bonds is 9. The molecule has 0 bridgehead atoms. The van der Waals surface area contributed by atoms with Gasteiger partial charge in [-0.2, -0.15) is 18.3 Å². The Morgan fingerprint density at radius 3 is 2.46 bits per heavy atom. The van der Waals surface area contributed by atoms with E-state index in [9.17, 15) is 23.1 Å². The van der Waals surface area contributed by atoms with Gasteiger partial charge in [0.25, 0.3) is 5.56 Å². The molecule has 1 fully saturated rings. The molecule has 8 nitrogen and oxygen atoms in total. The van der Waals surface area contributed by atoms with Crippen LogP contribution < -0.4 is 21.1 Å². The lowest BCUT2D eigenvalue weighted by Crippen LogP contribution is -2.46. The quantitative estimate of drug-likeness (QED) is 0.233. The highest BCUT2D eigenvalue weighted by molar-refractivity contribution is 5.95. The summed E-state index contributed by atoms with van der Waals surface area (Å²) >= 11 is 0. The molecular formula is C28H39F3N6O2. The van der Waals surface area contributed by atoms with Crippen molar-refractivity contribution in [2.75, 3.05) is 11.4 Å². The third-order valence-electron chi connectivity index (χ3n) is 7.91. The molecule has 1 unspecified atom stereocenters. The van der Waals surface area contributed by atoms with E-state index in [1.54, 1.807) is 10.00 Å². The van der Waals surface area contributed by atoms with E-state index >= 15 is 0 Å². The zero-order valence-electron chi connectivity index (χ0n) is 23.2. The number of H-pyrrole nitrogens is 1. The van der Waals surface area contributed by atoms with Crippen LogP contribution in [0.25, 0.3) is 10.9 Å². The predicted molar refractivity (Wildman–Crippen MR) is 147 cm³/mol. The Bertz CT molecular complexity index is 1360. The number of nitrogens with one attached hydrogen (secondary N) is 3. The van der Waals surface area contributed by atoms with Crippen molar-refractivity contribution in [2.45, 2.75) is 91.0 Å². The minimum absolute atomic E-state index is 0.0732. The van der Waals surface area contributed by atoms with Gasteiger partial charge < -0.3 is 15.0 Å². The summed E-state index contributed by atoms with van der Waals surface area (Å²) in [5.41, 5.74) is 5.51. The van der Waals surface area contributed by atoms with E-state index in [0.717, 1.165) is 33.4 Å². The molecule has 0 saturated heterocycles. The van der Waals surface area contributed by atoms with Crippen molar-refractivity contribution >= 4 is 16.6 Å². The van der Waals surface area contributed by atoms with Gasteiger partial charge in [-0.05, 0) is 76.1 Å². The topological polar surface area (TPSA) is 98.2 Å². The number of anilines is 1. The maximum atomic E-state index is 12.9. The SMILES string of the molecule is CCc1c(C(O)NCc2c(C)cc(C)[nH]c2=O)cc2c(cnn2C)c1N(CC)C1CCC(NC(F)(F)F)CC1. The van der Waals surface area contributed by atoms with Crippen molar-refractivity contribution < 1.29 is 18.3 Å². The van der Waals surface area contributed by atoms with E-state index in [1.165, 1.54) is 0 Å². The van der Waals surface area contributed by atoms with Crippen LogP contribution in [0.1, 0.15) is 73.7 Å². The van der Waals surface area contributed by atoms with E-state index in [4.69, 9.17) is 0 Å². The number of aryl methyl sites for hydroxylation is 3. The summed E-state index contributed by atoms with van der Waals surface area (Å²) in [7, 11) is 1.85. The van der Waals surface area contributed by atoms with Gasteiger partial charge in [0.05, 0.1) is 17.4 Å². The number of halogens is 3. The Hall–Kier alpha value is -2.89. The van der Waals surface area contributed by atoms with Crippen LogP contribution in [0.3, 0.4) is 0 Å². The molecule has 214 valence electrons. The molecular weight excluding hydrogens is 509 g/mol. The Balaban J connectivity index is 1.67. The average molecular weight is 549 g/mol. The first kappa shape index (κ1) is 29.1. The minimum atomic E-state index is -4.38. The maximum Gasteiger partial charge on any atom is 0.457 e. The third kappa shape index (κ3) is 6.31. The van der Waals surface area contributed by atoms with E-state index < -0.39 is 18.6 Å². The molecule has 2 aromatic heterocycles. The molecule has 1 saturated carbocycles. The zero-order valence-corrected chi connectivity index (χ0v) is 23.2. The van der Waals surface area contributed by atoms with Crippen molar-refractivity contribution in [1.82, 2.24) is 25.4 Å². The lowest BCUT2D eigenvalue weighted by molar-refractivity contribution is -0.166. The molecule has 4 N–H and O–H groups in total. The summed E-state index contributed by atoms with van der Waals surface area (Å²) in [5, 5.41) is 21.7. The molecule has 2 heterocycles. The molecule has 39 heavy (non-hydrogen) atoms. The lowest BCUT2D eigenvalue weighted by atomic mass is 9.88. The number of aromatic nitrogens is 3. The summed E-state index contributed by atoms with van der Waals surface area (Å²) in [4.78, 5) is 17.6. The fourth-order valence-corrected chi connectivity index (χ4v) is 6.05. The van der Waals surface area contributed by atoms with Gasteiger partial charge in [-0.3, -0.25) is 14.8 Å². The second-order valence-corrected chi connectivity index (χ2v) is 10.5. The number of pyridine rings is 1. The highest BCUT2D eigenvalue weighted by Crippen LogP contribution is 2.39. The number of aromatic amines is 1. The molecule has 1 aromatic carbocycles. The predicted octanol–water partition coefficient (Wildman–Crippen LogP) is 4.47. The Morgan fingerprint density at radius 2 is 1.87 bits per heavy atom. The molecule has 0 radical (unpaired) electrons. The molecule has 1 atom stereocenters. The highest BCUT2D eigenvalue weighted by Gasteiger charge is 2.35. The largest absolute Gasteiger partial charge is 0.457 e. The van der Waals surface area contributed by atoms with Crippen LogP contribution in [0.5, 0.6) is 0 Å². The van der Waals surface area contributed by atoms with Crippen LogP contribution in [0, 0.1) is 13.8 Å². The van der Waals surface area contributed by atoms with Crippen LogP contribution in [0.2, 0.25) is 0 Å². The lowest BCUT2D eigenvalue weighted by Gasteiger charge is -2.40. The van der Waals surface area contributed by atoms with Crippen molar-refractivity contribution in [3.05, 3.63) is 56.6 Å². The van der Waals surface area contributed by atoms with Crippen molar-refractivity contribution in [1.29, 1.82) is 0 Å². The number of fused-ring (bicyclic) bond motifs is 1.